The second kappa shape index (κ2) is 5.88. The van der Waals surface area contributed by atoms with Crippen LogP contribution in [0.5, 0.6) is 0 Å². The number of hydrogen-bond acceptors (Lipinski definition) is 3. The molecule has 0 saturated carbocycles. The summed E-state index contributed by atoms with van der Waals surface area (Å²) >= 11 is 0. The average Bonchev–Trinajstić information content (AvgIpc) is 3.11. The summed E-state index contributed by atoms with van der Waals surface area (Å²) in [7, 11) is 0. The molecule has 2 bridgehead atoms. The van der Waals surface area contributed by atoms with Crippen molar-refractivity contribution in [3.63, 3.8) is 0 Å². The molecule has 0 aliphatic carbocycles. The van der Waals surface area contributed by atoms with E-state index in [1.165, 1.54) is 25.0 Å². The van der Waals surface area contributed by atoms with Crippen LogP contribution in [0.4, 0.5) is 4.39 Å². The fourth-order valence-corrected chi connectivity index (χ4v) is 5.26. The molecule has 3 saturated heterocycles. The van der Waals surface area contributed by atoms with Crippen molar-refractivity contribution in [2.45, 2.75) is 25.4 Å². The van der Waals surface area contributed by atoms with Crippen LogP contribution in [0.25, 0.3) is 16.6 Å². The van der Waals surface area contributed by atoms with E-state index in [4.69, 9.17) is 5.10 Å². The summed E-state index contributed by atoms with van der Waals surface area (Å²) in [4.78, 5) is 17.9. The Balaban J connectivity index is 1.45. The van der Waals surface area contributed by atoms with E-state index in [1.54, 1.807) is 12.1 Å². The van der Waals surface area contributed by atoms with E-state index in [0.717, 1.165) is 47.5 Å². The highest BCUT2D eigenvalue weighted by molar-refractivity contribution is 6.09. The smallest absolute Gasteiger partial charge is 0.255 e. The van der Waals surface area contributed by atoms with Crippen molar-refractivity contribution in [2.75, 3.05) is 19.6 Å². The van der Waals surface area contributed by atoms with Crippen LogP contribution in [0.3, 0.4) is 0 Å². The highest BCUT2D eigenvalue weighted by atomic mass is 19.1. The Morgan fingerprint density at radius 3 is 2.54 bits per heavy atom. The van der Waals surface area contributed by atoms with Crippen molar-refractivity contribution in [3.8, 4) is 5.69 Å². The van der Waals surface area contributed by atoms with Crippen LogP contribution in [-0.4, -0.2) is 51.2 Å². The minimum absolute atomic E-state index is 0.121. The standard InChI is InChI=1S/C22H21FN4O/c23-15-4-6-16(7-5-15)27-19-3-1-2-17-21(19)18(24-27)12-26(22(17)28)20-13-25-10-8-14(20)9-11-25/h1-7,14,20H,8-13H2/t20-/m0/s1. The second-order valence-electron chi connectivity index (χ2n) is 8.17. The van der Waals surface area contributed by atoms with Crippen molar-refractivity contribution >= 4 is 16.8 Å². The minimum Gasteiger partial charge on any atom is -0.328 e. The molecule has 3 fully saturated rings. The largest absolute Gasteiger partial charge is 0.328 e. The highest BCUT2D eigenvalue weighted by Crippen LogP contribution is 2.37. The Labute approximate surface area is 162 Å². The lowest BCUT2D eigenvalue weighted by Crippen LogP contribution is -2.59. The molecule has 0 radical (unpaired) electrons. The van der Waals surface area contributed by atoms with E-state index in [0.29, 0.717) is 12.5 Å². The number of halogens is 1. The van der Waals surface area contributed by atoms with Gasteiger partial charge in [0.15, 0.2) is 0 Å². The number of hydrogen-bond donors (Lipinski definition) is 0. The highest BCUT2D eigenvalue weighted by Gasteiger charge is 2.42. The summed E-state index contributed by atoms with van der Waals surface area (Å²) in [5.41, 5.74) is 3.38. The van der Waals surface area contributed by atoms with Gasteiger partial charge in [-0.3, -0.25) is 4.79 Å². The van der Waals surface area contributed by atoms with Crippen molar-refractivity contribution < 1.29 is 9.18 Å². The van der Waals surface area contributed by atoms with Crippen molar-refractivity contribution in [1.29, 1.82) is 0 Å². The van der Waals surface area contributed by atoms with Crippen LogP contribution in [0.15, 0.2) is 42.5 Å². The molecule has 4 aliphatic heterocycles. The summed E-state index contributed by atoms with van der Waals surface area (Å²) in [6, 6.07) is 12.4. The third kappa shape index (κ3) is 2.27. The number of aromatic nitrogens is 2. The zero-order valence-corrected chi connectivity index (χ0v) is 15.5. The Bertz CT molecular complexity index is 1080. The quantitative estimate of drug-likeness (QED) is 0.690. The van der Waals surface area contributed by atoms with Gasteiger partial charge in [0, 0.05) is 18.0 Å². The third-order valence-corrected chi connectivity index (χ3v) is 6.68. The molecular formula is C22H21FN4O. The molecule has 5 heterocycles. The first-order valence-corrected chi connectivity index (χ1v) is 9.99. The minimum atomic E-state index is -0.269. The van der Waals surface area contributed by atoms with Gasteiger partial charge in [-0.15, -0.1) is 0 Å². The lowest BCUT2D eigenvalue weighted by atomic mass is 9.82. The van der Waals surface area contributed by atoms with Crippen LogP contribution in [0, 0.1) is 11.7 Å². The molecule has 7 rings (SSSR count). The zero-order valence-electron chi connectivity index (χ0n) is 15.5. The van der Waals surface area contributed by atoms with Gasteiger partial charge in [-0.1, -0.05) is 6.07 Å². The van der Waals surface area contributed by atoms with Gasteiger partial charge in [-0.05, 0) is 68.2 Å². The van der Waals surface area contributed by atoms with Gasteiger partial charge >= 0.3 is 0 Å². The second-order valence-corrected chi connectivity index (χ2v) is 8.17. The van der Waals surface area contributed by atoms with Gasteiger partial charge in [0.2, 0.25) is 0 Å². The molecule has 28 heavy (non-hydrogen) atoms. The Morgan fingerprint density at radius 2 is 1.82 bits per heavy atom. The van der Waals surface area contributed by atoms with E-state index in [2.05, 4.69) is 9.80 Å². The van der Waals surface area contributed by atoms with Crippen LogP contribution in [0.1, 0.15) is 28.9 Å². The van der Waals surface area contributed by atoms with E-state index < -0.39 is 0 Å². The summed E-state index contributed by atoms with van der Waals surface area (Å²) in [5, 5.41) is 5.79. The van der Waals surface area contributed by atoms with E-state index in [1.807, 2.05) is 22.9 Å². The molecule has 6 heteroatoms. The number of piperidine rings is 3. The number of carbonyl (C=O) groups excluding carboxylic acids is 1. The van der Waals surface area contributed by atoms with Crippen LogP contribution < -0.4 is 0 Å². The first kappa shape index (κ1) is 16.2. The predicted molar refractivity (Wildman–Crippen MR) is 104 cm³/mol. The maximum absolute atomic E-state index is 13.4. The lowest BCUT2D eigenvalue weighted by Gasteiger charge is -2.49. The number of fused-ring (bicyclic) bond motifs is 3. The van der Waals surface area contributed by atoms with Gasteiger partial charge < -0.3 is 9.80 Å². The first-order valence-electron chi connectivity index (χ1n) is 9.99. The zero-order chi connectivity index (χ0) is 18.8. The van der Waals surface area contributed by atoms with Gasteiger partial charge in [0.25, 0.3) is 5.91 Å². The number of nitrogens with zero attached hydrogens (tertiary/aromatic N) is 4. The van der Waals surface area contributed by atoms with Crippen molar-refractivity contribution in [2.24, 2.45) is 5.92 Å². The topological polar surface area (TPSA) is 41.4 Å². The Morgan fingerprint density at radius 1 is 1.04 bits per heavy atom. The van der Waals surface area contributed by atoms with Crippen LogP contribution in [-0.2, 0) is 6.54 Å². The maximum atomic E-state index is 13.4. The molecule has 3 aromatic rings. The monoisotopic (exact) mass is 376 g/mol. The normalized spacial score (nSPS) is 26.2. The Hall–Kier alpha value is -2.73. The molecule has 0 spiro atoms. The first-order chi connectivity index (χ1) is 13.7. The van der Waals surface area contributed by atoms with E-state index in [9.17, 15) is 9.18 Å². The molecule has 1 amide bonds. The summed E-state index contributed by atoms with van der Waals surface area (Å²) in [5.74, 6) is 0.443. The molecule has 1 atom stereocenters. The molecule has 142 valence electrons. The van der Waals surface area contributed by atoms with Gasteiger partial charge in [0.05, 0.1) is 29.0 Å². The molecule has 0 unspecified atom stereocenters. The van der Waals surface area contributed by atoms with Crippen LogP contribution >= 0.6 is 0 Å². The third-order valence-electron chi connectivity index (χ3n) is 6.68. The number of carbonyl (C=O) groups is 1. The molecule has 2 aromatic carbocycles. The molecular weight excluding hydrogens is 355 g/mol. The average molecular weight is 376 g/mol. The maximum Gasteiger partial charge on any atom is 0.255 e. The molecule has 0 N–H and O–H groups in total. The van der Waals surface area contributed by atoms with Gasteiger partial charge in [0.1, 0.15) is 5.82 Å². The Kier molecular flexibility index (Phi) is 3.41. The van der Waals surface area contributed by atoms with E-state index >= 15 is 0 Å². The van der Waals surface area contributed by atoms with E-state index in [-0.39, 0.29) is 17.8 Å². The van der Waals surface area contributed by atoms with Crippen molar-refractivity contribution in [3.05, 3.63) is 59.5 Å². The number of benzene rings is 2. The van der Waals surface area contributed by atoms with Crippen molar-refractivity contribution in [1.82, 2.24) is 19.6 Å². The van der Waals surface area contributed by atoms with Gasteiger partial charge in [-0.2, -0.15) is 5.10 Å². The fraction of sp³-hybridized carbons (Fsp3) is 0.364. The number of rotatable bonds is 2. The summed E-state index contributed by atoms with van der Waals surface area (Å²) in [6.45, 7) is 3.84. The number of amides is 1. The summed E-state index contributed by atoms with van der Waals surface area (Å²) in [6.07, 6.45) is 2.35. The fourth-order valence-electron chi connectivity index (χ4n) is 5.26. The van der Waals surface area contributed by atoms with Crippen LogP contribution in [0.2, 0.25) is 0 Å². The lowest BCUT2D eigenvalue weighted by molar-refractivity contribution is 0.00364. The summed E-state index contributed by atoms with van der Waals surface area (Å²) < 4.78 is 15.2. The van der Waals surface area contributed by atoms with Gasteiger partial charge in [-0.25, -0.2) is 9.07 Å². The SMILES string of the molecule is O=C1c2cccc3c2c(nn3-c2ccc(F)cc2)CN1[C@H]1CN2CCC1CC2. The molecule has 5 nitrogen and oxygen atoms in total. The molecule has 4 aliphatic rings. The molecule has 1 aromatic heterocycles. The predicted octanol–water partition coefficient (Wildman–Crippen LogP) is 3.21.